The lowest BCUT2D eigenvalue weighted by Crippen LogP contribution is -2.31. The summed E-state index contributed by atoms with van der Waals surface area (Å²) in [5, 5.41) is 0. The molecule has 0 atom stereocenters. The Hall–Kier alpha value is -2.11. The van der Waals surface area contributed by atoms with Gasteiger partial charge in [-0.3, -0.25) is 9.59 Å². The first kappa shape index (κ1) is 12.3. The van der Waals surface area contributed by atoms with E-state index in [-0.39, 0.29) is 12.0 Å². The van der Waals surface area contributed by atoms with E-state index in [1.807, 2.05) is 0 Å². The number of hydrogen-bond acceptors (Lipinski definition) is 2. The summed E-state index contributed by atoms with van der Waals surface area (Å²) in [5.41, 5.74) is -1.46. The highest BCUT2D eigenvalue weighted by Gasteiger charge is 2.40. The first-order valence-electron chi connectivity index (χ1n) is 5.03. The maximum Gasteiger partial charge on any atom is 0.418 e. The van der Waals surface area contributed by atoms with E-state index in [0.717, 1.165) is 12.1 Å². The molecule has 0 aromatic heterocycles. The first-order valence-corrected chi connectivity index (χ1v) is 5.03. The minimum atomic E-state index is -4.62. The van der Waals surface area contributed by atoms with Crippen molar-refractivity contribution >= 4 is 17.5 Å². The number of halogens is 3. The molecule has 1 saturated heterocycles. The highest BCUT2D eigenvalue weighted by Crippen LogP contribution is 2.38. The molecule has 0 saturated carbocycles. The lowest BCUT2D eigenvalue weighted by molar-refractivity contribution is -0.137. The molecule has 1 fully saturated rings. The van der Waals surface area contributed by atoms with Crippen molar-refractivity contribution in [1.29, 1.82) is 0 Å². The topological polar surface area (TPSA) is 37.4 Å². The smallest absolute Gasteiger partial charge is 0.274 e. The Balaban J connectivity index is 2.56. The number of hydrogen-bond donors (Lipinski definition) is 0. The van der Waals surface area contributed by atoms with Crippen LogP contribution in [0.4, 0.5) is 18.9 Å². The number of para-hydroxylation sites is 1. The third-order valence-electron chi connectivity index (χ3n) is 2.57. The molecule has 2 rings (SSSR count). The molecule has 1 heterocycles. The van der Waals surface area contributed by atoms with Gasteiger partial charge in [-0.2, -0.15) is 13.2 Å². The van der Waals surface area contributed by atoms with Gasteiger partial charge in [-0.25, -0.2) is 4.90 Å². The summed E-state index contributed by atoms with van der Waals surface area (Å²) in [5.74, 6) is -1.47. The monoisotopic (exact) mass is 255 g/mol. The molecule has 1 aromatic rings. The number of alkyl halides is 3. The average Bonchev–Trinajstić information content (AvgIpc) is 2.52. The van der Waals surface area contributed by atoms with Crippen LogP contribution in [0.1, 0.15) is 12.0 Å². The highest BCUT2D eigenvalue weighted by molar-refractivity contribution is 6.28. The number of carbonyl (C=O) groups is 2. The molecule has 0 unspecified atom stereocenters. The third-order valence-corrected chi connectivity index (χ3v) is 2.57. The molecule has 0 N–H and O–H groups in total. The summed E-state index contributed by atoms with van der Waals surface area (Å²) in [6.45, 7) is 3.36. The van der Waals surface area contributed by atoms with Crippen molar-refractivity contribution in [2.24, 2.45) is 0 Å². The van der Waals surface area contributed by atoms with E-state index in [9.17, 15) is 22.8 Å². The van der Waals surface area contributed by atoms with Gasteiger partial charge >= 0.3 is 6.18 Å². The molecule has 6 heteroatoms. The molecule has 2 amide bonds. The van der Waals surface area contributed by atoms with Gasteiger partial charge in [-0.1, -0.05) is 18.7 Å². The summed E-state index contributed by atoms with van der Waals surface area (Å²) in [6.07, 6.45) is -4.87. The SMILES string of the molecule is C=C1CC(=O)N(c2ccccc2C(F)(F)F)C1=O. The fourth-order valence-corrected chi connectivity index (χ4v) is 1.76. The van der Waals surface area contributed by atoms with Gasteiger partial charge < -0.3 is 0 Å². The van der Waals surface area contributed by atoms with Gasteiger partial charge in [0.15, 0.2) is 0 Å². The summed E-state index contributed by atoms with van der Waals surface area (Å²) in [6, 6.07) is 4.46. The number of imide groups is 1. The Labute approximate surface area is 101 Å². The maximum absolute atomic E-state index is 12.8. The van der Waals surface area contributed by atoms with Crippen molar-refractivity contribution in [1.82, 2.24) is 0 Å². The highest BCUT2D eigenvalue weighted by atomic mass is 19.4. The van der Waals surface area contributed by atoms with Crippen LogP contribution in [0.25, 0.3) is 0 Å². The third kappa shape index (κ3) is 1.90. The van der Waals surface area contributed by atoms with Crippen molar-refractivity contribution in [2.75, 3.05) is 4.90 Å². The van der Waals surface area contributed by atoms with E-state index in [1.165, 1.54) is 12.1 Å². The minimum absolute atomic E-state index is 0.00280. The van der Waals surface area contributed by atoms with E-state index in [4.69, 9.17) is 0 Å². The standard InChI is InChI=1S/C12H8F3NO2/c1-7-6-10(17)16(11(7)18)9-5-3-2-4-8(9)12(13,14)15/h2-5H,1,6H2. The van der Waals surface area contributed by atoms with Crippen molar-refractivity contribution in [3.8, 4) is 0 Å². The van der Waals surface area contributed by atoms with Gasteiger partial charge in [0.1, 0.15) is 0 Å². The lowest BCUT2D eigenvalue weighted by Gasteiger charge is -2.19. The van der Waals surface area contributed by atoms with Crippen LogP contribution in [0.15, 0.2) is 36.4 Å². The van der Waals surface area contributed by atoms with Gasteiger partial charge in [0.05, 0.1) is 17.7 Å². The van der Waals surface area contributed by atoms with Crippen LogP contribution >= 0.6 is 0 Å². The molecular formula is C12H8F3NO2. The van der Waals surface area contributed by atoms with E-state index in [2.05, 4.69) is 6.58 Å². The molecule has 0 bridgehead atoms. The normalized spacial score (nSPS) is 16.6. The molecule has 1 aromatic carbocycles. The van der Waals surface area contributed by atoms with Crippen LogP contribution in [0, 0.1) is 0 Å². The van der Waals surface area contributed by atoms with Crippen molar-refractivity contribution in [3.63, 3.8) is 0 Å². The van der Waals surface area contributed by atoms with E-state index in [0.29, 0.717) is 4.90 Å². The van der Waals surface area contributed by atoms with Gasteiger partial charge in [0.2, 0.25) is 5.91 Å². The predicted molar refractivity (Wildman–Crippen MR) is 57.7 cm³/mol. The van der Waals surface area contributed by atoms with E-state index >= 15 is 0 Å². The zero-order valence-corrected chi connectivity index (χ0v) is 9.12. The molecule has 0 aliphatic carbocycles. The van der Waals surface area contributed by atoms with Gasteiger partial charge in [-0.15, -0.1) is 0 Å². The Kier molecular flexibility index (Phi) is 2.73. The van der Waals surface area contributed by atoms with Crippen LogP contribution in [-0.2, 0) is 15.8 Å². The summed E-state index contributed by atoms with van der Waals surface area (Å²) in [7, 11) is 0. The number of nitrogens with zero attached hydrogens (tertiary/aromatic N) is 1. The van der Waals surface area contributed by atoms with Crippen LogP contribution in [0.5, 0.6) is 0 Å². The summed E-state index contributed by atoms with van der Waals surface area (Å²) >= 11 is 0. The molecule has 1 aliphatic rings. The van der Waals surface area contributed by atoms with E-state index < -0.39 is 29.2 Å². The van der Waals surface area contributed by atoms with Gasteiger partial charge in [-0.05, 0) is 12.1 Å². The second-order valence-corrected chi connectivity index (χ2v) is 3.83. The molecule has 0 radical (unpaired) electrons. The maximum atomic E-state index is 12.8. The zero-order valence-electron chi connectivity index (χ0n) is 9.12. The molecule has 3 nitrogen and oxygen atoms in total. The minimum Gasteiger partial charge on any atom is -0.274 e. The molecule has 94 valence electrons. The second kappa shape index (κ2) is 3.97. The number of benzene rings is 1. The Morgan fingerprint density at radius 3 is 2.28 bits per heavy atom. The van der Waals surface area contributed by atoms with Crippen molar-refractivity contribution in [2.45, 2.75) is 12.6 Å². The Morgan fingerprint density at radius 1 is 1.17 bits per heavy atom. The Morgan fingerprint density at radius 2 is 1.78 bits per heavy atom. The number of carbonyl (C=O) groups excluding carboxylic acids is 2. The zero-order chi connectivity index (χ0) is 13.5. The lowest BCUT2D eigenvalue weighted by atomic mass is 10.1. The van der Waals surface area contributed by atoms with Gasteiger partial charge in [0, 0.05) is 5.57 Å². The van der Waals surface area contributed by atoms with Crippen LogP contribution in [0.2, 0.25) is 0 Å². The molecule has 1 aliphatic heterocycles. The quantitative estimate of drug-likeness (QED) is 0.571. The van der Waals surface area contributed by atoms with Gasteiger partial charge in [0.25, 0.3) is 5.91 Å². The summed E-state index contributed by atoms with van der Waals surface area (Å²) in [4.78, 5) is 23.7. The number of amides is 2. The predicted octanol–water partition coefficient (Wildman–Crippen LogP) is 2.52. The van der Waals surface area contributed by atoms with Crippen LogP contribution < -0.4 is 4.90 Å². The molecular weight excluding hydrogens is 247 g/mol. The largest absolute Gasteiger partial charge is 0.418 e. The van der Waals surface area contributed by atoms with Crippen LogP contribution in [0.3, 0.4) is 0 Å². The second-order valence-electron chi connectivity index (χ2n) is 3.83. The first-order chi connectivity index (χ1) is 8.32. The van der Waals surface area contributed by atoms with Crippen molar-refractivity contribution < 1.29 is 22.8 Å². The Bertz CT molecular complexity index is 548. The van der Waals surface area contributed by atoms with Crippen molar-refractivity contribution in [3.05, 3.63) is 42.0 Å². The molecule has 18 heavy (non-hydrogen) atoms. The number of rotatable bonds is 1. The average molecular weight is 255 g/mol. The fraction of sp³-hybridized carbons (Fsp3) is 0.167. The fourth-order valence-electron chi connectivity index (χ4n) is 1.76. The molecule has 0 spiro atoms. The number of anilines is 1. The van der Waals surface area contributed by atoms with Crippen LogP contribution in [-0.4, -0.2) is 11.8 Å². The summed E-state index contributed by atoms with van der Waals surface area (Å²) < 4.78 is 38.3. The van der Waals surface area contributed by atoms with E-state index in [1.54, 1.807) is 0 Å².